The van der Waals surface area contributed by atoms with E-state index in [1.807, 2.05) is 31.3 Å². The van der Waals surface area contributed by atoms with Crippen molar-refractivity contribution in [3.63, 3.8) is 0 Å². The highest BCUT2D eigenvalue weighted by atomic mass is 79.9. The monoisotopic (exact) mass is 411 g/mol. The van der Waals surface area contributed by atoms with Crippen LogP contribution < -0.4 is 10.1 Å². The van der Waals surface area contributed by atoms with Crippen LogP contribution in [0.3, 0.4) is 0 Å². The first-order valence-corrected chi connectivity index (χ1v) is 8.24. The Bertz CT molecular complexity index is 809. The van der Waals surface area contributed by atoms with Crippen LogP contribution in [0, 0.1) is 0 Å². The van der Waals surface area contributed by atoms with Gasteiger partial charge < -0.3 is 14.6 Å². The summed E-state index contributed by atoms with van der Waals surface area (Å²) < 4.78 is 12.0. The molecule has 1 aromatic heterocycles. The number of likely N-dealkylation sites (N-methyl/N-ethyl adjacent to an activating group) is 1. The first-order valence-electron chi connectivity index (χ1n) is 7.45. The zero-order chi connectivity index (χ0) is 16.2. The topological polar surface area (TPSA) is 60.2 Å². The number of benzene rings is 2. The minimum atomic E-state index is 0. The molecule has 1 N–H and O–H groups in total. The molecular formula is C17H19BrClN3O2. The summed E-state index contributed by atoms with van der Waals surface area (Å²) in [4.78, 5) is 4.34. The summed E-state index contributed by atoms with van der Waals surface area (Å²) in [5, 5.41) is 9.39. The summed E-state index contributed by atoms with van der Waals surface area (Å²) in [6.45, 7) is 2.34. The van der Waals surface area contributed by atoms with Crippen LogP contribution in [0.25, 0.3) is 10.8 Å². The van der Waals surface area contributed by atoms with E-state index in [-0.39, 0.29) is 19.0 Å². The van der Waals surface area contributed by atoms with Gasteiger partial charge in [0.05, 0.1) is 0 Å². The molecule has 3 aromatic rings. The second-order valence-electron chi connectivity index (χ2n) is 5.44. The van der Waals surface area contributed by atoms with Gasteiger partial charge in [-0.05, 0) is 49.0 Å². The van der Waals surface area contributed by atoms with Gasteiger partial charge in [-0.2, -0.15) is 4.98 Å². The van der Waals surface area contributed by atoms with E-state index < -0.39 is 0 Å². The second kappa shape index (κ2) is 8.46. The van der Waals surface area contributed by atoms with Crippen molar-refractivity contribution in [1.29, 1.82) is 0 Å². The standard InChI is InChI=1S/C17H18BrN3O2.ClH/c1-11(19-2)7-16-20-17(23-21-16)10-22-15-6-4-12-8-14(18)5-3-13(12)9-15;/h3-6,8-9,11,19H,7,10H2,1-2H3;1H. The largest absolute Gasteiger partial charge is 0.484 e. The molecule has 0 amide bonds. The first kappa shape index (κ1) is 18.7. The van der Waals surface area contributed by atoms with E-state index in [1.54, 1.807) is 0 Å². The van der Waals surface area contributed by atoms with Crippen LogP contribution in [0.5, 0.6) is 5.75 Å². The van der Waals surface area contributed by atoms with Gasteiger partial charge in [0.25, 0.3) is 5.89 Å². The van der Waals surface area contributed by atoms with Gasteiger partial charge in [0.15, 0.2) is 12.4 Å². The SMILES string of the molecule is CNC(C)Cc1noc(COc2ccc3cc(Br)ccc3c2)n1.Cl. The number of hydrogen-bond donors (Lipinski definition) is 1. The fourth-order valence-corrected chi connectivity index (χ4v) is 2.62. The second-order valence-corrected chi connectivity index (χ2v) is 6.36. The van der Waals surface area contributed by atoms with Gasteiger partial charge in [0.2, 0.25) is 0 Å². The van der Waals surface area contributed by atoms with Gasteiger partial charge in [-0.3, -0.25) is 0 Å². The summed E-state index contributed by atoms with van der Waals surface area (Å²) in [6, 6.07) is 12.4. The van der Waals surface area contributed by atoms with Crippen molar-refractivity contribution in [2.24, 2.45) is 0 Å². The average molecular weight is 413 g/mol. The van der Waals surface area contributed by atoms with Crippen LogP contribution in [0.1, 0.15) is 18.6 Å². The number of rotatable bonds is 6. The Hall–Kier alpha value is -1.63. The summed E-state index contributed by atoms with van der Waals surface area (Å²) in [5.74, 6) is 1.95. The van der Waals surface area contributed by atoms with Crippen molar-refractivity contribution < 1.29 is 9.26 Å². The van der Waals surface area contributed by atoms with E-state index >= 15 is 0 Å². The molecule has 5 nitrogen and oxygen atoms in total. The fraction of sp³-hybridized carbons (Fsp3) is 0.294. The van der Waals surface area contributed by atoms with Crippen LogP contribution in [-0.4, -0.2) is 23.2 Å². The Morgan fingerprint density at radius 2 is 1.96 bits per heavy atom. The molecule has 0 fully saturated rings. The summed E-state index contributed by atoms with van der Waals surface area (Å²) in [7, 11) is 1.91. The molecule has 1 unspecified atom stereocenters. The first-order chi connectivity index (χ1) is 11.1. The Morgan fingerprint density at radius 1 is 1.21 bits per heavy atom. The van der Waals surface area contributed by atoms with Gasteiger partial charge in [-0.25, -0.2) is 0 Å². The highest BCUT2D eigenvalue weighted by molar-refractivity contribution is 9.10. The summed E-state index contributed by atoms with van der Waals surface area (Å²) in [6.07, 6.45) is 0.727. The molecule has 0 bridgehead atoms. The Kier molecular flexibility index (Phi) is 6.60. The maximum absolute atomic E-state index is 5.75. The lowest BCUT2D eigenvalue weighted by molar-refractivity contribution is 0.242. The third kappa shape index (κ3) is 4.69. The highest BCUT2D eigenvalue weighted by Crippen LogP contribution is 2.24. The lowest BCUT2D eigenvalue weighted by Crippen LogP contribution is -2.24. The third-order valence-corrected chi connectivity index (χ3v) is 4.12. The molecular weight excluding hydrogens is 394 g/mol. The van der Waals surface area contributed by atoms with Gasteiger partial charge in [0.1, 0.15) is 5.75 Å². The Labute approximate surface area is 155 Å². The zero-order valence-electron chi connectivity index (χ0n) is 13.5. The molecule has 0 saturated carbocycles. The van der Waals surface area contributed by atoms with Crippen molar-refractivity contribution in [2.75, 3.05) is 7.05 Å². The maximum Gasteiger partial charge on any atom is 0.264 e. The van der Waals surface area contributed by atoms with Crippen molar-refractivity contribution in [3.05, 3.63) is 52.6 Å². The lowest BCUT2D eigenvalue weighted by atomic mass is 10.1. The molecule has 1 atom stereocenters. The maximum atomic E-state index is 5.75. The smallest absolute Gasteiger partial charge is 0.264 e. The molecule has 3 rings (SSSR count). The Morgan fingerprint density at radius 3 is 2.75 bits per heavy atom. The highest BCUT2D eigenvalue weighted by Gasteiger charge is 2.10. The molecule has 1 heterocycles. The van der Waals surface area contributed by atoms with E-state index in [2.05, 4.69) is 50.4 Å². The van der Waals surface area contributed by atoms with E-state index in [0.717, 1.165) is 27.4 Å². The van der Waals surface area contributed by atoms with Gasteiger partial charge in [0, 0.05) is 16.9 Å². The van der Waals surface area contributed by atoms with Crippen LogP contribution in [0.15, 0.2) is 45.4 Å². The lowest BCUT2D eigenvalue weighted by Gasteiger charge is -2.05. The molecule has 0 aliphatic rings. The molecule has 0 saturated heterocycles. The summed E-state index contributed by atoms with van der Waals surface area (Å²) in [5.41, 5.74) is 0. The molecule has 24 heavy (non-hydrogen) atoms. The minimum absolute atomic E-state index is 0. The zero-order valence-corrected chi connectivity index (χ0v) is 15.9. The molecule has 7 heteroatoms. The van der Waals surface area contributed by atoms with Crippen LogP contribution >= 0.6 is 28.3 Å². The van der Waals surface area contributed by atoms with Gasteiger partial charge in [-0.15, -0.1) is 12.4 Å². The molecule has 2 aromatic carbocycles. The van der Waals surface area contributed by atoms with E-state index in [1.165, 1.54) is 0 Å². The van der Waals surface area contributed by atoms with Gasteiger partial charge >= 0.3 is 0 Å². The molecule has 0 aliphatic carbocycles. The minimum Gasteiger partial charge on any atom is -0.484 e. The number of halogens is 2. The number of hydrogen-bond acceptors (Lipinski definition) is 5. The van der Waals surface area contributed by atoms with E-state index in [9.17, 15) is 0 Å². The van der Waals surface area contributed by atoms with Crippen molar-refractivity contribution >= 4 is 39.1 Å². The third-order valence-electron chi connectivity index (χ3n) is 3.63. The molecule has 128 valence electrons. The fourth-order valence-electron chi connectivity index (χ4n) is 2.24. The molecule has 0 aliphatic heterocycles. The van der Waals surface area contributed by atoms with Crippen LogP contribution in [-0.2, 0) is 13.0 Å². The number of aromatic nitrogens is 2. The number of nitrogens with zero attached hydrogens (tertiary/aromatic N) is 2. The van der Waals surface area contributed by atoms with Crippen molar-refractivity contribution in [2.45, 2.75) is 26.0 Å². The Balaban J connectivity index is 0.00000208. The number of nitrogens with one attached hydrogen (secondary N) is 1. The summed E-state index contributed by atoms with van der Waals surface area (Å²) >= 11 is 3.47. The van der Waals surface area contributed by atoms with Crippen LogP contribution in [0.2, 0.25) is 0 Å². The van der Waals surface area contributed by atoms with Crippen molar-refractivity contribution in [3.8, 4) is 5.75 Å². The molecule has 0 spiro atoms. The quantitative estimate of drug-likeness (QED) is 0.659. The normalized spacial score (nSPS) is 12.0. The molecule has 0 radical (unpaired) electrons. The predicted octanol–water partition coefficient (Wildman–Crippen LogP) is 4.14. The van der Waals surface area contributed by atoms with Gasteiger partial charge in [-0.1, -0.05) is 33.2 Å². The van der Waals surface area contributed by atoms with E-state index in [4.69, 9.17) is 9.26 Å². The van der Waals surface area contributed by atoms with Crippen molar-refractivity contribution in [1.82, 2.24) is 15.5 Å². The van der Waals surface area contributed by atoms with E-state index in [0.29, 0.717) is 17.8 Å². The number of fused-ring (bicyclic) bond motifs is 1. The number of ether oxygens (including phenoxy) is 1. The predicted molar refractivity (Wildman–Crippen MR) is 99.8 cm³/mol. The van der Waals surface area contributed by atoms with Crippen LogP contribution in [0.4, 0.5) is 0 Å². The average Bonchev–Trinajstić information content (AvgIpc) is 3.00.